The van der Waals surface area contributed by atoms with Crippen LogP contribution >= 0.6 is 0 Å². The van der Waals surface area contributed by atoms with Crippen LogP contribution in [0.3, 0.4) is 0 Å². The summed E-state index contributed by atoms with van der Waals surface area (Å²) < 4.78 is 5.09. The maximum absolute atomic E-state index is 11.5. The van der Waals surface area contributed by atoms with Crippen molar-refractivity contribution in [2.24, 2.45) is 0 Å². The van der Waals surface area contributed by atoms with Crippen LogP contribution in [0.1, 0.15) is 57.7 Å². The Morgan fingerprint density at radius 2 is 2.16 bits per heavy atom. The molecule has 0 aliphatic heterocycles. The van der Waals surface area contributed by atoms with E-state index < -0.39 is 0 Å². The van der Waals surface area contributed by atoms with Gasteiger partial charge >= 0.3 is 0 Å². The molecule has 0 spiro atoms. The Balaban J connectivity index is 2.17. The molecule has 1 unspecified atom stereocenters. The fourth-order valence-corrected chi connectivity index (χ4v) is 1.51. The topological polar surface area (TPSA) is 88.2 Å². The number of aliphatic hydroxyl groups is 1. The Labute approximate surface area is 113 Å². The first-order valence-electron chi connectivity index (χ1n) is 6.76. The van der Waals surface area contributed by atoms with Gasteiger partial charge in [0, 0.05) is 25.3 Å². The molecule has 0 aliphatic rings. The van der Waals surface area contributed by atoms with E-state index >= 15 is 0 Å². The molecule has 0 radical (unpaired) electrons. The second-order valence-electron chi connectivity index (χ2n) is 5.04. The van der Waals surface area contributed by atoms with E-state index in [0.717, 1.165) is 0 Å². The largest absolute Gasteiger partial charge is 0.393 e. The molecule has 1 aromatic rings. The van der Waals surface area contributed by atoms with E-state index in [1.165, 1.54) is 0 Å². The molecular weight excluding hydrogens is 246 g/mol. The second-order valence-corrected chi connectivity index (χ2v) is 5.04. The normalized spacial score (nSPS) is 12.7. The summed E-state index contributed by atoms with van der Waals surface area (Å²) in [6, 6.07) is 0. The van der Waals surface area contributed by atoms with E-state index in [9.17, 15) is 4.79 Å². The molecule has 0 saturated carbocycles. The molecule has 19 heavy (non-hydrogen) atoms. The average molecular weight is 269 g/mol. The van der Waals surface area contributed by atoms with Gasteiger partial charge in [-0.2, -0.15) is 4.98 Å². The van der Waals surface area contributed by atoms with Crippen LogP contribution in [0.5, 0.6) is 0 Å². The van der Waals surface area contributed by atoms with E-state index in [4.69, 9.17) is 9.63 Å². The van der Waals surface area contributed by atoms with E-state index in [1.807, 2.05) is 13.8 Å². The molecule has 1 atom stereocenters. The van der Waals surface area contributed by atoms with Crippen molar-refractivity contribution in [2.75, 3.05) is 6.54 Å². The summed E-state index contributed by atoms with van der Waals surface area (Å²) in [5.41, 5.74) is 0. The molecule has 108 valence electrons. The second kappa shape index (κ2) is 7.89. The Morgan fingerprint density at radius 1 is 1.42 bits per heavy atom. The highest BCUT2D eigenvalue weighted by molar-refractivity contribution is 5.75. The molecule has 6 nitrogen and oxygen atoms in total. The van der Waals surface area contributed by atoms with Crippen LogP contribution in [-0.2, 0) is 11.2 Å². The molecule has 1 heterocycles. The zero-order chi connectivity index (χ0) is 14.3. The molecule has 0 aromatic carbocycles. The number of amides is 1. The molecule has 1 rings (SSSR count). The van der Waals surface area contributed by atoms with Crippen LogP contribution < -0.4 is 5.32 Å². The maximum Gasteiger partial charge on any atom is 0.226 e. The lowest BCUT2D eigenvalue weighted by molar-refractivity contribution is -0.121. The highest BCUT2D eigenvalue weighted by atomic mass is 16.5. The average Bonchev–Trinajstić information content (AvgIpc) is 2.77. The molecule has 1 amide bonds. The lowest BCUT2D eigenvalue weighted by Crippen LogP contribution is -2.26. The van der Waals surface area contributed by atoms with Crippen molar-refractivity contribution in [1.82, 2.24) is 15.5 Å². The quantitative estimate of drug-likeness (QED) is 0.744. The molecule has 0 fully saturated rings. The van der Waals surface area contributed by atoms with Gasteiger partial charge in [-0.25, -0.2) is 0 Å². The van der Waals surface area contributed by atoms with Gasteiger partial charge in [-0.1, -0.05) is 19.0 Å². The van der Waals surface area contributed by atoms with Crippen LogP contribution in [0.15, 0.2) is 4.52 Å². The number of carbonyl (C=O) groups excluding carboxylic acids is 1. The number of aromatic nitrogens is 2. The zero-order valence-electron chi connectivity index (χ0n) is 11.8. The van der Waals surface area contributed by atoms with Crippen molar-refractivity contribution in [2.45, 2.75) is 58.5 Å². The first kappa shape index (κ1) is 15.6. The third kappa shape index (κ3) is 6.33. The molecule has 1 aromatic heterocycles. The Morgan fingerprint density at radius 3 is 2.74 bits per heavy atom. The number of hydrogen-bond donors (Lipinski definition) is 2. The van der Waals surface area contributed by atoms with Gasteiger partial charge in [0.05, 0.1) is 6.10 Å². The van der Waals surface area contributed by atoms with E-state index in [2.05, 4.69) is 15.5 Å². The Hall–Kier alpha value is -1.43. The number of nitrogens with one attached hydrogen (secondary N) is 1. The summed E-state index contributed by atoms with van der Waals surface area (Å²) in [4.78, 5) is 15.7. The predicted octanol–water partition coefficient (Wildman–Crippen LogP) is 1.40. The number of carbonyl (C=O) groups is 1. The van der Waals surface area contributed by atoms with Gasteiger partial charge in [0.1, 0.15) is 0 Å². The van der Waals surface area contributed by atoms with Crippen LogP contribution in [0.4, 0.5) is 0 Å². The molecule has 0 aliphatic carbocycles. The first-order valence-corrected chi connectivity index (χ1v) is 6.76. The van der Waals surface area contributed by atoms with Crippen LogP contribution in [-0.4, -0.2) is 33.8 Å². The van der Waals surface area contributed by atoms with E-state index in [0.29, 0.717) is 43.9 Å². The van der Waals surface area contributed by atoms with Gasteiger partial charge in [-0.3, -0.25) is 4.79 Å². The van der Waals surface area contributed by atoms with Crippen molar-refractivity contribution in [3.05, 3.63) is 11.7 Å². The summed E-state index contributed by atoms with van der Waals surface area (Å²) in [6.07, 6.45) is 1.92. The summed E-state index contributed by atoms with van der Waals surface area (Å²) in [6.45, 7) is 6.22. The number of aliphatic hydroxyl groups excluding tert-OH is 1. The molecule has 0 bridgehead atoms. The predicted molar refractivity (Wildman–Crippen MR) is 70.6 cm³/mol. The van der Waals surface area contributed by atoms with Gasteiger partial charge in [-0.15, -0.1) is 0 Å². The van der Waals surface area contributed by atoms with E-state index in [1.54, 1.807) is 6.92 Å². The summed E-state index contributed by atoms with van der Waals surface area (Å²) in [5.74, 6) is 1.53. The number of nitrogens with zero attached hydrogens (tertiary/aromatic N) is 2. The number of rotatable bonds is 8. The monoisotopic (exact) mass is 269 g/mol. The number of hydrogen-bond acceptors (Lipinski definition) is 5. The SMILES string of the molecule is CC(O)CCNC(=O)CCCc1nc(C(C)C)no1. The van der Waals surface area contributed by atoms with Gasteiger partial charge in [0.15, 0.2) is 5.82 Å². The minimum Gasteiger partial charge on any atom is -0.393 e. The van der Waals surface area contributed by atoms with E-state index in [-0.39, 0.29) is 17.9 Å². The summed E-state index contributed by atoms with van der Waals surface area (Å²) >= 11 is 0. The fraction of sp³-hybridized carbons (Fsp3) is 0.769. The smallest absolute Gasteiger partial charge is 0.226 e. The summed E-state index contributed by atoms with van der Waals surface area (Å²) in [7, 11) is 0. The van der Waals surface area contributed by atoms with Crippen molar-refractivity contribution >= 4 is 5.91 Å². The summed E-state index contributed by atoms with van der Waals surface area (Å²) in [5, 5.41) is 15.7. The highest BCUT2D eigenvalue weighted by Gasteiger charge is 2.10. The zero-order valence-corrected chi connectivity index (χ0v) is 11.8. The van der Waals surface area contributed by atoms with Crippen molar-refractivity contribution < 1.29 is 14.4 Å². The van der Waals surface area contributed by atoms with Gasteiger partial charge < -0.3 is 14.9 Å². The van der Waals surface area contributed by atoms with Crippen molar-refractivity contribution in [1.29, 1.82) is 0 Å². The lowest BCUT2D eigenvalue weighted by Gasteiger charge is -2.05. The van der Waals surface area contributed by atoms with Gasteiger partial charge in [0.25, 0.3) is 0 Å². The van der Waals surface area contributed by atoms with Gasteiger partial charge in [0.2, 0.25) is 11.8 Å². The van der Waals surface area contributed by atoms with Crippen LogP contribution in [0.2, 0.25) is 0 Å². The first-order chi connectivity index (χ1) is 8.99. The Bertz CT molecular complexity index is 388. The maximum atomic E-state index is 11.5. The molecule has 0 saturated heterocycles. The lowest BCUT2D eigenvalue weighted by atomic mass is 10.2. The van der Waals surface area contributed by atoms with Crippen LogP contribution in [0.25, 0.3) is 0 Å². The van der Waals surface area contributed by atoms with Gasteiger partial charge in [-0.05, 0) is 19.8 Å². The minimum atomic E-state index is -0.381. The third-order valence-electron chi connectivity index (χ3n) is 2.68. The minimum absolute atomic E-state index is 0.00996. The molecular formula is C13H23N3O3. The highest BCUT2D eigenvalue weighted by Crippen LogP contribution is 2.11. The molecule has 6 heteroatoms. The van der Waals surface area contributed by atoms with Crippen molar-refractivity contribution in [3.63, 3.8) is 0 Å². The van der Waals surface area contributed by atoms with Crippen LogP contribution in [0, 0.1) is 0 Å². The Kier molecular flexibility index (Phi) is 6.49. The third-order valence-corrected chi connectivity index (χ3v) is 2.68. The van der Waals surface area contributed by atoms with Crippen molar-refractivity contribution in [3.8, 4) is 0 Å². The standard InChI is InChI=1S/C13H23N3O3/c1-9(2)13-15-12(19-16-13)6-4-5-11(18)14-8-7-10(3)17/h9-10,17H,4-8H2,1-3H3,(H,14,18). The fourth-order valence-electron chi connectivity index (χ4n) is 1.51. The molecule has 2 N–H and O–H groups in total. The number of aryl methyl sites for hydroxylation is 1.